The molecule has 0 aliphatic rings. The third-order valence-corrected chi connectivity index (χ3v) is 12.8. The number of H-pyrrole nitrogens is 2. The van der Waals surface area contributed by atoms with Crippen LogP contribution in [0.2, 0.25) is 0 Å². The summed E-state index contributed by atoms with van der Waals surface area (Å²) >= 11 is 0. The summed E-state index contributed by atoms with van der Waals surface area (Å²) in [4.78, 5) is 18.2. The van der Waals surface area contributed by atoms with E-state index >= 15 is 0 Å². The normalized spacial score (nSPS) is 11.0. The second-order valence-electron chi connectivity index (χ2n) is 15.4. The molecule has 0 radical (unpaired) electrons. The topological polar surface area (TPSA) is 234 Å². The van der Waals surface area contributed by atoms with E-state index in [4.69, 9.17) is 42.1 Å². The zero-order chi connectivity index (χ0) is 50.9. The molecule has 8 aromatic rings. The molecule has 0 saturated carbocycles. The van der Waals surface area contributed by atoms with Crippen molar-refractivity contribution in [2.75, 3.05) is 72.7 Å². The summed E-state index contributed by atoms with van der Waals surface area (Å²) in [5.41, 5.74) is 6.21. The molecule has 0 aliphatic heterocycles. The van der Waals surface area contributed by atoms with Crippen molar-refractivity contribution in [2.45, 2.75) is 37.0 Å². The second-order valence-corrected chi connectivity index (χ2v) is 18.7. The van der Waals surface area contributed by atoms with Gasteiger partial charge in [-0.05, 0) is 80.9 Å². The van der Waals surface area contributed by atoms with Gasteiger partial charge in [-0.25, -0.2) is 0 Å². The predicted molar refractivity (Wildman–Crippen MR) is 269 cm³/mol. The molecule has 0 amide bonds. The van der Waals surface area contributed by atoms with Gasteiger partial charge in [-0.15, -0.1) is 0 Å². The summed E-state index contributed by atoms with van der Waals surface area (Å²) in [6, 6.07) is 40.8. The average Bonchev–Trinajstić information content (AvgIpc) is 3.93. The molecule has 2 aromatic heterocycles. The largest absolute Gasteiger partial charge is 1.00 e. The van der Waals surface area contributed by atoms with E-state index < -0.39 is 20.2 Å². The Bertz CT molecular complexity index is 3090. The minimum atomic E-state index is -3.76. The fourth-order valence-electron chi connectivity index (χ4n) is 6.72. The monoisotopic (exact) mass is 1280 g/mol. The number of carbonyl (C=O) groups excluding carboxylic acids is 1. The molecule has 73 heavy (non-hydrogen) atoms. The Balaban J connectivity index is 0.000000389. The van der Waals surface area contributed by atoms with Gasteiger partial charge in [0.25, 0.3) is 26.7 Å². The van der Waals surface area contributed by atoms with Crippen molar-refractivity contribution in [3.63, 3.8) is 0 Å². The van der Waals surface area contributed by atoms with Crippen molar-refractivity contribution in [3.05, 3.63) is 145 Å². The number of aromatic hydroxyl groups is 1. The first kappa shape index (κ1) is 65.0. The summed E-state index contributed by atoms with van der Waals surface area (Å²) in [6.07, 6.45) is 0.970. The van der Waals surface area contributed by atoms with Gasteiger partial charge in [0.1, 0.15) is 18.1 Å². The van der Waals surface area contributed by atoms with Crippen molar-refractivity contribution >= 4 is 70.3 Å². The quantitative estimate of drug-likeness (QED) is 0.0274. The van der Waals surface area contributed by atoms with Gasteiger partial charge in [0, 0.05) is 51.3 Å². The maximum atomic E-state index is 12.1. The molecule has 3 N–H and O–H groups in total. The summed E-state index contributed by atoms with van der Waals surface area (Å²) in [5.74, 6) is 1.07. The standard InChI is InChI=1S/C25H27NO6S.C14H22O5S.C12H9NO.CH2O3.2Cs.H/c1-19-6-9-21(10-7-19)33(27,28)32-17-15-30-13-12-29-14-16-31-20-8-11-23-22-4-2-3-5-24(22)26-25(23)18-20;1-3-8-17-9-10-18-11-12-19-20(15,16)14-6-4-13(2)5-7-14;14-8-5-6-10-9-3-1-2-4-11(9)13-12(10)7-8;2-1-4-3;;;/h2-11,18,26H,12-17H2,1H3;4-7H,3,8-12H2,1-2H3;1-7,13-14H;1,3H;;;/q;;;;2*+1;-1/p-1. The Morgan fingerprint density at radius 3 is 1.34 bits per heavy atom. The average molecular weight is 1280 g/mol. The second kappa shape index (κ2) is 35.2. The zero-order valence-electron chi connectivity index (χ0n) is 42.7. The van der Waals surface area contributed by atoms with Gasteiger partial charge in [-0.1, -0.05) is 78.7 Å². The van der Waals surface area contributed by atoms with E-state index in [1.54, 1.807) is 36.4 Å². The fourth-order valence-corrected chi connectivity index (χ4v) is 8.51. The number of nitrogens with one attached hydrogen (secondary N) is 2. The van der Waals surface area contributed by atoms with Crippen LogP contribution < -0.4 is 148 Å². The predicted octanol–water partition coefficient (Wildman–Crippen LogP) is 2.17. The van der Waals surface area contributed by atoms with Gasteiger partial charge < -0.3 is 50.3 Å². The van der Waals surface area contributed by atoms with Crippen LogP contribution in [-0.2, 0) is 57.2 Å². The van der Waals surface area contributed by atoms with Crippen molar-refractivity contribution in [1.82, 2.24) is 9.97 Å². The number of phenolic OH excluding ortho intramolecular Hbond substituents is 1. The van der Waals surface area contributed by atoms with Gasteiger partial charge >= 0.3 is 138 Å². The molecular formula is C52H60Cs2N2O15S2. The minimum Gasteiger partial charge on any atom is -1.00 e. The van der Waals surface area contributed by atoms with Crippen molar-refractivity contribution in [2.24, 2.45) is 0 Å². The Kier molecular flexibility index (Phi) is 31.3. The molecule has 382 valence electrons. The van der Waals surface area contributed by atoms with Crippen molar-refractivity contribution in [1.29, 1.82) is 0 Å². The number of aryl methyl sites for hydroxylation is 2. The van der Waals surface area contributed by atoms with Gasteiger partial charge in [0.2, 0.25) is 0 Å². The first-order valence-electron chi connectivity index (χ1n) is 22.6. The van der Waals surface area contributed by atoms with Crippen LogP contribution in [0.1, 0.15) is 25.9 Å². The number of benzene rings is 6. The van der Waals surface area contributed by atoms with E-state index in [2.05, 4.69) is 39.1 Å². The Morgan fingerprint density at radius 1 is 0.507 bits per heavy atom. The molecule has 0 atom stereocenters. The van der Waals surface area contributed by atoms with Crippen LogP contribution >= 0.6 is 0 Å². The van der Waals surface area contributed by atoms with Crippen LogP contribution in [0.4, 0.5) is 0 Å². The van der Waals surface area contributed by atoms with Crippen LogP contribution in [0, 0.1) is 13.8 Å². The third-order valence-electron chi connectivity index (χ3n) is 10.1. The molecule has 0 unspecified atom stereocenters. The minimum absolute atomic E-state index is 0. The Morgan fingerprint density at radius 2 is 0.890 bits per heavy atom. The number of ether oxygens (including phenoxy) is 5. The van der Waals surface area contributed by atoms with Crippen molar-refractivity contribution in [3.8, 4) is 11.5 Å². The van der Waals surface area contributed by atoms with E-state index in [0.29, 0.717) is 52.0 Å². The molecule has 0 aliphatic carbocycles. The van der Waals surface area contributed by atoms with E-state index in [0.717, 1.165) is 50.8 Å². The van der Waals surface area contributed by atoms with Gasteiger partial charge in [0.05, 0.1) is 80.3 Å². The number of aromatic nitrogens is 2. The Hall–Kier alpha value is -2.29. The van der Waals surface area contributed by atoms with Gasteiger partial charge in [-0.2, -0.15) is 16.8 Å². The SMILES string of the molecule is CCCOCCOCCOS(=O)(=O)c1ccc(C)cc1.Cc1ccc(S(=O)(=O)OCCOCCOCCOc2ccc3c(c2)[nH]c2ccccc23)cc1.O=CO[O-].Oc1ccc2c(c1)[nH]c1ccccc12.[Cs+].[Cs+].[H-]. The first-order chi connectivity index (χ1) is 34.3. The number of fused-ring (bicyclic) bond motifs is 6. The number of hydrogen-bond acceptors (Lipinski definition) is 15. The summed E-state index contributed by atoms with van der Waals surface area (Å²) in [6.45, 7) is 9.21. The maximum absolute atomic E-state index is 12.1. The van der Waals surface area contributed by atoms with Crippen LogP contribution in [0.25, 0.3) is 43.6 Å². The summed E-state index contributed by atoms with van der Waals surface area (Å²) in [7, 11) is -7.45. The van der Waals surface area contributed by atoms with E-state index in [-0.39, 0.29) is 182 Å². The first-order valence-corrected chi connectivity index (χ1v) is 25.4. The van der Waals surface area contributed by atoms with Gasteiger partial charge in [-0.3, -0.25) is 13.2 Å². The van der Waals surface area contributed by atoms with E-state index in [1.807, 2.05) is 69.3 Å². The molecule has 8 rings (SSSR count). The molecule has 6 aromatic carbocycles. The molecule has 0 bridgehead atoms. The molecule has 21 heteroatoms. The molecule has 17 nitrogen and oxygen atoms in total. The fraction of sp³-hybridized carbons (Fsp3) is 0.288. The summed E-state index contributed by atoms with van der Waals surface area (Å²) < 4.78 is 84.7. The van der Waals surface area contributed by atoms with Crippen LogP contribution in [0.15, 0.2) is 143 Å². The summed E-state index contributed by atoms with van der Waals surface area (Å²) in [5, 5.41) is 22.5. The molecule has 2 heterocycles. The number of hydrogen-bond donors (Lipinski definition) is 3. The number of rotatable bonds is 23. The van der Waals surface area contributed by atoms with Crippen molar-refractivity contribution < 1.29 is 208 Å². The van der Waals surface area contributed by atoms with Crippen LogP contribution in [0.3, 0.4) is 0 Å². The molecule has 0 spiro atoms. The number of carbonyl (C=O) groups is 1. The Labute approximate surface area is 545 Å². The third kappa shape index (κ3) is 22.3. The number of phenols is 1. The van der Waals surface area contributed by atoms with Crippen LogP contribution in [0.5, 0.6) is 11.5 Å². The smallest absolute Gasteiger partial charge is 1.00 e. The maximum Gasteiger partial charge on any atom is 1.00 e. The molecular weight excluding hydrogens is 1220 g/mol. The molecule has 0 saturated heterocycles. The number of para-hydroxylation sites is 2. The van der Waals surface area contributed by atoms with E-state index in [9.17, 15) is 21.9 Å². The van der Waals surface area contributed by atoms with E-state index in [1.165, 1.54) is 40.4 Å². The number of aromatic amines is 2. The van der Waals surface area contributed by atoms with Crippen LogP contribution in [-0.4, -0.2) is 111 Å². The zero-order valence-corrected chi connectivity index (χ0v) is 55.9. The van der Waals surface area contributed by atoms with Gasteiger partial charge in [0.15, 0.2) is 0 Å². The molecule has 0 fully saturated rings.